The molecule has 2 heterocycles. The molecule has 0 saturated carbocycles. The first-order valence-electron chi connectivity index (χ1n) is 5.69. The van der Waals surface area contributed by atoms with E-state index in [1.54, 1.807) is 0 Å². The maximum atomic E-state index is 12.3. The summed E-state index contributed by atoms with van der Waals surface area (Å²) in [5.74, 6) is -1.68. The van der Waals surface area contributed by atoms with E-state index in [-0.39, 0.29) is 17.9 Å². The van der Waals surface area contributed by atoms with Crippen LogP contribution in [-0.4, -0.2) is 46.3 Å². The Bertz CT molecular complexity index is 641. The number of aromatic nitrogens is 1. The largest absolute Gasteiger partial charge is 0.480 e. The molecule has 0 radical (unpaired) electrons. The van der Waals surface area contributed by atoms with Crippen LogP contribution >= 0.6 is 0 Å². The quantitative estimate of drug-likeness (QED) is 0.622. The van der Waals surface area contributed by atoms with E-state index in [9.17, 15) is 23.3 Å². The van der Waals surface area contributed by atoms with E-state index in [4.69, 9.17) is 5.11 Å². The molecule has 1 aliphatic rings. The highest BCUT2D eigenvalue weighted by Gasteiger charge is 2.40. The number of sulfonamides is 1. The minimum atomic E-state index is -4.01. The van der Waals surface area contributed by atoms with E-state index < -0.39 is 32.8 Å². The smallest absolute Gasteiger partial charge is 0.363 e. The van der Waals surface area contributed by atoms with Gasteiger partial charge in [-0.2, -0.15) is 4.31 Å². The SMILES string of the molecule is O=C(O)C1CCCN1S(=O)(=O)c1ccc([N+](=O)[O-])nc1. The lowest BCUT2D eigenvalue weighted by molar-refractivity contribution is -0.389. The molecule has 0 amide bonds. The number of aliphatic carboxylic acids is 1. The summed E-state index contributed by atoms with van der Waals surface area (Å²) in [5.41, 5.74) is 0. The van der Waals surface area contributed by atoms with Crippen molar-refractivity contribution >= 4 is 21.8 Å². The van der Waals surface area contributed by atoms with Crippen molar-refractivity contribution < 1.29 is 23.2 Å². The molecule has 1 fully saturated rings. The first-order valence-corrected chi connectivity index (χ1v) is 7.13. The summed E-state index contributed by atoms with van der Waals surface area (Å²) < 4.78 is 25.5. The predicted molar refractivity (Wildman–Crippen MR) is 65.4 cm³/mol. The van der Waals surface area contributed by atoms with Gasteiger partial charge in [-0.05, 0) is 28.8 Å². The average Bonchev–Trinajstić information content (AvgIpc) is 2.89. The van der Waals surface area contributed by atoms with Crippen LogP contribution in [0.2, 0.25) is 0 Å². The summed E-state index contributed by atoms with van der Waals surface area (Å²) >= 11 is 0. The average molecular weight is 301 g/mol. The molecule has 1 unspecified atom stereocenters. The molecule has 1 aromatic rings. The standard InChI is InChI=1S/C10H11N3O6S/c14-10(15)8-2-1-5-12(8)20(18,19)7-3-4-9(11-6-7)13(16)17/h3-4,6,8H,1-2,5H2,(H,14,15). The molecule has 1 N–H and O–H groups in total. The van der Waals surface area contributed by atoms with Crippen molar-refractivity contribution in [2.45, 2.75) is 23.8 Å². The van der Waals surface area contributed by atoms with Gasteiger partial charge in [0.2, 0.25) is 10.0 Å². The molecule has 108 valence electrons. The highest BCUT2D eigenvalue weighted by atomic mass is 32.2. The second kappa shape index (κ2) is 5.13. The Morgan fingerprint density at radius 1 is 1.50 bits per heavy atom. The summed E-state index contributed by atoms with van der Waals surface area (Å²) in [6.07, 6.45) is 1.57. The molecular formula is C10H11N3O6S. The number of nitro groups is 1. The van der Waals surface area contributed by atoms with Crippen LogP contribution in [-0.2, 0) is 14.8 Å². The zero-order chi connectivity index (χ0) is 14.9. The van der Waals surface area contributed by atoms with Gasteiger partial charge >= 0.3 is 11.8 Å². The molecule has 10 heteroatoms. The Morgan fingerprint density at radius 2 is 2.20 bits per heavy atom. The van der Waals surface area contributed by atoms with Crippen molar-refractivity contribution in [3.05, 3.63) is 28.4 Å². The normalized spacial score (nSPS) is 19.9. The first kappa shape index (κ1) is 14.3. The van der Waals surface area contributed by atoms with Crippen molar-refractivity contribution in [2.24, 2.45) is 0 Å². The van der Waals surface area contributed by atoms with E-state index >= 15 is 0 Å². The monoisotopic (exact) mass is 301 g/mol. The molecule has 2 rings (SSSR count). The first-order chi connectivity index (χ1) is 9.34. The summed E-state index contributed by atoms with van der Waals surface area (Å²) in [4.78, 5) is 23.9. The number of hydrogen-bond acceptors (Lipinski definition) is 6. The van der Waals surface area contributed by atoms with Gasteiger partial charge in [-0.3, -0.25) is 4.79 Å². The third kappa shape index (κ3) is 2.47. The Morgan fingerprint density at radius 3 is 2.70 bits per heavy atom. The fourth-order valence-electron chi connectivity index (χ4n) is 2.04. The van der Waals surface area contributed by atoms with Crippen molar-refractivity contribution in [1.82, 2.24) is 9.29 Å². The summed E-state index contributed by atoms with van der Waals surface area (Å²) in [7, 11) is -4.01. The predicted octanol–water partition coefficient (Wildman–Crippen LogP) is 0.227. The number of carboxylic acid groups (broad SMARTS) is 1. The van der Waals surface area contributed by atoms with Crippen molar-refractivity contribution in [2.75, 3.05) is 6.54 Å². The summed E-state index contributed by atoms with van der Waals surface area (Å²) in [6, 6.07) is 0.923. The fourth-order valence-corrected chi connectivity index (χ4v) is 3.64. The van der Waals surface area contributed by atoms with Crippen LogP contribution in [0.5, 0.6) is 0 Å². The van der Waals surface area contributed by atoms with Crippen LogP contribution in [0.3, 0.4) is 0 Å². The van der Waals surface area contributed by atoms with Crippen LogP contribution in [0.25, 0.3) is 0 Å². The number of carboxylic acids is 1. The van der Waals surface area contributed by atoms with Crippen LogP contribution in [0.1, 0.15) is 12.8 Å². The molecule has 9 nitrogen and oxygen atoms in total. The van der Waals surface area contributed by atoms with Gasteiger partial charge in [-0.25, -0.2) is 8.42 Å². The van der Waals surface area contributed by atoms with E-state index in [2.05, 4.69) is 4.98 Å². The molecule has 1 aliphatic heterocycles. The number of nitrogens with zero attached hydrogens (tertiary/aromatic N) is 3. The fraction of sp³-hybridized carbons (Fsp3) is 0.400. The molecule has 0 bridgehead atoms. The molecule has 1 atom stereocenters. The zero-order valence-corrected chi connectivity index (χ0v) is 11.0. The van der Waals surface area contributed by atoms with Gasteiger partial charge in [0.1, 0.15) is 10.9 Å². The Hall–Kier alpha value is -2.07. The van der Waals surface area contributed by atoms with Crippen molar-refractivity contribution in [1.29, 1.82) is 0 Å². The highest BCUT2D eigenvalue weighted by molar-refractivity contribution is 7.89. The van der Waals surface area contributed by atoms with Gasteiger partial charge in [0, 0.05) is 12.6 Å². The van der Waals surface area contributed by atoms with Gasteiger partial charge < -0.3 is 15.2 Å². The Balaban J connectivity index is 2.35. The Kier molecular flexibility index (Phi) is 3.68. The number of rotatable bonds is 4. The highest BCUT2D eigenvalue weighted by Crippen LogP contribution is 2.26. The second-order valence-corrected chi connectivity index (χ2v) is 6.11. The van der Waals surface area contributed by atoms with Crippen LogP contribution < -0.4 is 0 Å². The van der Waals surface area contributed by atoms with E-state index in [0.717, 1.165) is 22.6 Å². The van der Waals surface area contributed by atoms with Crippen LogP contribution in [0, 0.1) is 10.1 Å². The third-order valence-corrected chi connectivity index (χ3v) is 4.89. The molecule has 0 spiro atoms. The van der Waals surface area contributed by atoms with E-state index in [1.807, 2.05) is 0 Å². The van der Waals surface area contributed by atoms with E-state index in [0.29, 0.717) is 6.42 Å². The third-order valence-electron chi connectivity index (χ3n) is 3.00. The maximum Gasteiger partial charge on any atom is 0.363 e. The lowest BCUT2D eigenvalue weighted by Crippen LogP contribution is -2.40. The molecule has 0 aliphatic carbocycles. The van der Waals surface area contributed by atoms with Gasteiger partial charge in [0.25, 0.3) is 0 Å². The maximum absolute atomic E-state index is 12.3. The zero-order valence-electron chi connectivity index (χ0n) is 10.2. The molecular weight excluding hydrogens is 290 g/mol. The lowest BCUT2D eigenvalue weighted by Gasteiger charge is -2.20. The van der Waals surface area contributed by atoms with Crippen LogP contribution in [0.15, 0.2) is 23.2 Å². The van der Waals surface area contributed by atoms with Crippen molar-refractivity contribution in [3.8, 4) is 0 Å². The molecule has 1 saturated heterocycles. The number of pyridine rings is 1. The lowest BCUT2D eigenvalue weighted by atomic mass is 10.2. The molecule has 0 aromatic carbocycles. The number of hydrogen-bond donors (Lipinski definition) is 1. The summed E-state index contributed by atoms with van der Waals surface area (Å²) in [6.45, 7) is 0.107. The summed E-state index contributed by atoms with van der Waals surface area (Å²) in [5, 5.41) is 19.5. The van der Waals surface area contributed by atoms with Gasteiger partial charge in [-0.1, -0.05) is 0 Å². The van der Waals surface area contributed by atoms with Crippen LogP contribution in [0.4, 0.5) is 5.82 Å². The molecule has 20 heavy (non-hydrogen) atoms. The second-order valence-electron chi connectivity index (χ2n) is 4.22. The van der Waals surface area contributed by atoms with Gasteiger partial charge in [-0.15, -0.1) is 0 Å². The Labute approximate surface area is 114 Å². The minimum Gasteiger partial charge on any atom is -0.480 e. The molecule has 1 aromatic heterocycles. The van der Waals surface area contributed by atoms with Crippen molar-refractivity contribution in [3.63, 3.8) is 0 Å². The van der Waals surface area contributed by atoms with Gasteiger partial charge in [0.05, 0.1) is 0 Å². The van der Waals surface area contributed by atoms with Gasteiger partial charge in [0.15, 0.2) is 6.20 Å². The number of carbonyl (C=O) groups is 1. The van der Waals surface area contributed by atoms with E-state index in [1.165, 1.54) is 0 Å². The topological polar surface area (TPSA) is 131 Å². The minimum absolute atomic E-state index is 0.107.